The van der Waals surface area contributed by atoms with Crippen molar-refractivity contribution in [3.8, 4) is 6.07 Å². The molecule has 0 unspecified atom stereocenters. The highest BCUT2D eigenvalue weighted by molar-refractivity contribution is 5.54. The molecule has 0 N–H and O–H groups in total. The van der Waals surface area contributed by atoms with Crippen LogP contribution in [-0.2, 0) is 0 Å². The predicted molar refractivity (Wildman–Crippen MR) is 59.8 cm³/mol. The zero-order valence-electron chi connectivity index (χ0n) is 9.06. The molecule has 0 heterocycles. The maximum atomic E-state index is 9.00. The standard InChI is InChI=1S/C15H13N/c16-6-7-1-2-10-11(5-7)12-8-3-4-9(8)13-14(10)15(12)13/h1-2,5,8-9,12-15H,3-4H2/t8-,9+,12+,13-,14+,15-/m1/s1. The van der Waals surface area contributed by atoms with Crippen LogP contribution in [0.4, 0.5) is 0 Å². The normalized spacial score (nSPS) is 48.7. The van der Waals surface area contributed by atoms with Crippen molar-refractivity contribution in [3.63, 3.8) is 0 Å². The molecule has 4 aliphatic rings. The van der Waals surface area contributed by atoms with Crippen molar-refractivity contribution in [1.82, 2.24) is 0 Å². The van der Waals surface area contributed by atoms with Gasteiger partial charge in [-0.25, -0.2) is 0 Å². The van der Waals surface area contributed by atoms with E-state index in [1.807, 2.05) is 6.07 Å². The molecule has 0 aromatic heterocycles. The Labute approximate surface area is 95.1 Å². The van der Waals surface area contributed by atoms with Gasteiger partial charge in [-0.3, -0.25) is 0 Å². The predicted octanol–water partition coefficient (Wildman–Crippen LogP) is 3.02. The second-order valence-electron chi connectivity index (χ2n) is 6.07. The Bertz CT molecular complexity index is 553. The van der Waals surface area contributed by atoms with Crippen molar-refractivity contribution in [2.75, 3.05) is 0 Å². The Balaban J connectivity index is 1.73. The summed E-state index contributed by atoms with van der Waals surface area (Å²) in [6.07, 6.45) is 2.93. The number of nitrogens with zero attached hydrogens (tertiary/aromatic N) is 1. The lowest BCUT2D eigenvalue weighted by molar-refractivity contribution is 0.166. The van der Waals surface area contributed by atoms with Gasteiger partial charge in [0.05, 0.1) is 11.6 Å². The molecule has 0 spiro atoms. The second-order valence-corrected chi connectivity index (χ2v) is 6.07. The van der Waals surface area contributed by atoms with Gasteiger partial charge in [0.1, 0.15) is 0 Å². The summed E-state index contributed by atoms with van der Waals surface area (Å²) < 4.78 is 0. The lowest BCUT2D eigenvalue weighted by Crippen LogP contribution is -2.26. The van der Waals surface area contributed by atoms with Crippen LogP contribution in [0.2, 0.25) is 0 Å². The third kappa shape index (κ3) is 0.627. The Morgan fingerprint density at radius 3 is 2.62 bits per heavy atom. The fourth-order valence-electron chi connectivity index (χ4n) is 5.22. The SMILES string of the molecule is N#Cc1ccc2c(c1)[C@@H]1[C@@H]3CC[C@@H]3[C@@H]3[C@H]2[C@H]13. The van der Waals surface area contributed by atoms with Gasteiger partial charge in [0.25, 0.3) is 0 Å². The molecule has 3 fully saturated rings. The molecule has 0 saturated heterocycles. The molecule has 1 nitrogen and oxygen atoms in total. The maximum Gasteiger partial charge on any atom is 0.0991 e. The molecular weight excluding hydrogens is 194 g/mol. The minimum Gasteiger partial charge on any atom is -0.192 e. The van der Waals surface area contributed by atoms with Crippen LogP contribution < -0.4 is 0 Å². The molecule has 1 aromatic rings. The number of fused-ring (bicyclic) bond motifs is 7. The van der Waals surface area contributed by atoms with Crippen LogP contribution in [0.15, 0.2) is 18.2 Å². The summed E-state index contributed by atoms with van der Waals surface area (Å²) in [6.45, 7) is 0. The maximum absolute atomic E-state index is 9.00. The van der Waals surface area contributed by atoms with Crippen molar-refractivity contribution >= 4 is 0 Å². The summed E-state index contributed by atoms with van der Waals surface area (Å²) in [7, 11) is 0. The minimum atomic E-state index is 0.844. The van der Waals surface area contributed by atoms with Crippen LogP contribution in [0.3, 0.4) is 0 Å². The van der Waals surface area contributed by atoms with Crippen LogP contribution in [0.5, 0.6) is 0 Å². The lowest BCUT2D eigenvalue weighted by atomic mass is 9.69. The first kappa shape index (κ1) is 7.90. The van der Waals surface area contributed by atoms with Crippen LogP contribution in [-0.4, -0.2) is 0 Å². The third-order valence-electron chi connectivity index (χ3n) is 5.82. The zero-order chi connectivity index (χ0) is 10.4. The number of nitriles is 1. The van der Waals surface area contributed by atoms with Crippen LogP contribution >= 0.6 is 0 Å². The van der Waals surface area contributed by atoms with Crippen molar-refractivity contribution in [1.29, 1.82) is 5.26 Å². The molecule has 4 aliphatic carbocycles. The van der Waals surface area contributed by atoms with E-state index in [0.717, 1.165) is 41.1 Å². The fourth-order valence-corrected chi connectivity index (χ4v) is 5.22. The highest BCUT2D eigenvalue weighted by Gasteiger charge is 2.73. The molecule has 1 heteroatoms. The van der Waals surface area contributed by atoms with Gasteiger partial charge in [0.15, 0.2) is 0 Å². The Kier molecular flexibility index (Phi) is 1.09. The van der Waals surface area contributed by atoms with Crippen molar-refractivity contribution < 1.29 is 0 Å². The molecule has 3 saturated carbocycles. The quantitative estimate of drug-likeness (QED) is 0.641. The summed E-state index contributed by atoms with van der Waals surface area (Å²) in [5, 5.41) is 9.00. The molecule has 16 heavy (non-hydrogen) atoms. The summed E-state index contributed by atoms with van der Waals surface area (Å²) in [5.41, 5.74) is 4.02. The molecule has 0 radical (unpaired) electrons. The summed E-state index contributed by atoms with van der Waals surface area (Å²) in [6, 6.07) is 8.73. The van der Waals surface area contributed by atoms with Crippen molar-refractivity contribution in [3.05, 3.63) is 34.9 Å². The fraction of sp³-hybridized carbons (Fsp3) is 0.533. The van der Waals surface area contributed by atoms with E-state index in [0.29, 0.717) is 0 Å². The van der Waals surface area contributed by atoms with E-state index in [-0.39, 0.29) is 0 Å². The molecular formula is C15H13N. The largest absolute Gasteiger partial charge is 0.192 e. The highest BCUT2D eigenvalue weighted by atomic mass is 14.8. The first-order chi connectivity index (χ1) is 7.90. The second kappa shape index (κ2) is 2.20. The average molecular weight is 207 g/mol. The average Bonchev–Trinajstić information content (AvgIpc) is 2.81. The highest BCUT2D eigenvalue weighted by Crippen LogP contribution is 2.81. The van der Waals surface area contributed by atoms with Gasteiger partial charge in [-0.2, -0.15) is 5.26 Å². The molecule has 0 amide bonds. The molecule has 6 atom stereocenters. The lowest BCUT2D eigenvalue weighted by Gasteiger charge is -2.36. The Morgan fingerprint density at radius 1 is 1.00 bits per heavy atom. The number of rotatable bonds is 0. The molecule has 5 rings (SSSR count). The van der Waals surface area contributed by atoms with Gasteiger partial charge in [-0.05, 0) is 71.6 Å². The van der Waals surface area contributed by atoms with E-state index in [2.05, 4.69) is 18.2 Å². The summed E-state index contributed by atoms with van der Waals surface area (Å²) in [4.78, 5) is 0. The smallest absolute Gasteiger partial charge is 0.0991 e. The molecule has 78 valence electrons. The number of benzene rings is 1. The zero-order valence-corrected chi connectivity index (χ0v) is 9.06. The first-order valence-electron chi connectivity index (χ1n) is 6.44. The summed E-state index contributed by atoms with van der Waals surface area (Å²) >= 11 is 0. The van der Waals surface area contributed by atoms with E-state index in [9.17, 15) is 0 Å². The van der Waals surface area contributed by atoms with E-state index in [1.54, 1.807) is 11.1 Å². The number of hydrogen-bond acceptors (Lipinski definition) is 1. The molecule has 0 aliphatic heterocycles. The monoisotopic (exact) mass is 207 g/mol. The topological polar surface area (TPSA) is 23.8 Å². The minimum absolute atomic E-state index is 0.844. The van der Waals surface area contributed by atoms with Crippen molar-refractivity contribution in [2.45, 2.75) is 24.7 Å². The first-order valence-corrected chi connectivity index (χ1v) is 6.44. The van der Waals surface area contributed by atoms with Crippen LogP contribution in [0, 0.1) is 35.0 Å². The van der Waals surface area contributed by atoms with E-state index < -0.39 is 0 Å². The van der Waals surface area contributed by atoms with Crippen LogP contribution in [0.1, 0.15) is 41.4 Å². The van der Waals surface area contributed by atoms with Crippen molar-refractivity contribution in [2.24, 2.45) is 23.7 Å². The van der Waals surface area contributed by atoms with E-state index in [1.165, 1.54) is 12.8 Å². The Morgan fingerprint density at radius 2 is 1.88 bits per heavy atom. The van der Waals surface area contributed by atoms with Gasteiger partial charge in [-0.15, -0.1) is 0 Å². The van der Waals surface area contributed by atoms with Gasteiger partial charge in [-0.1, -0.05) is 6.07 Å². The number of hydrogen-bond donors (Lipinski definition) is 0. The third-order valence-corrected chi connectivity index (χ3v) is 5.82. The van der Waals surface area contributed by atoms with Gasteiger partial charge < -0.3 is 0 Å². The summed E-state index contributed by atoms with van der Waals surface area (Å²) in [5.74, 6) is 5.82. The van der Waals surface area contributed by atoms with Gasteiger partial charge in [0, 0.05) is 0 Å². The van der Waals surface area contributed by atoms with E-state index in [4.69, 9.17) is 5.26 Å². The van der Waals surface area contributed by atoms with Gasteiger partial charge in [0.2, 0.25) is 0 Å². The molecule has 0 bridgehead atoms. The Hall–Kier alpha value is -1.29. The van der Waals surface area contributed by atoms with E-state index >= 15 is 0 Å². The molecule has 1 aromatic carbocycles. The van der Waals surface area contributed by atoms with Gasteiger partial charge >= 0.3 is 0 Å². The van der Waals surface area contributed by atoms with Crippen LogP contribution in [0.25, 0.3) is 0 Å².